The zero-order valence-corrected chi connectivity index (χ0v) is 17.0. The molecule has 0 bridgehead atoms. The topological polar surface area (TPSA) is 73.9 Å². The normalized spacial score (nSPS) is 29.3. The van der Waals surface area contributed by atoms with Crippen LogP contribution in [0.25, 0.3) is 0 Å². The van der Waals surface area contributed by atoms with Gasteiger partial charge < -0.3 is 20.3 Å². The molecule has 27 heavy (non-hydrogen) atoms. The summed E-state index contributed by atoms with van der Waals surface area (Å²) in [6.07, 6.45) is 6.15. The maximum Gasteiger partial charge on any atom is 0.254 e. The molecule has 2 atom stereocenters. The Morgan fingerprint density at radius 2 is 1.85 bits per heavy atom. The van der Waals surface area contributed by atoms with E-state index in [0.29, 0.717) is 31.6 Å². The van der Waals surface area contributed by atoms with Gasteiger partial charge in [-0.2, -0.15) is 0 Å². The number of nitrogens with one attached hydrogen (secondary N) is 2. The van der Waals surface area contributed by atoms with Gasteiger partial charge in [-0.05, 0) is 44.7 Å². The number of carbonyl (C=O) groups is 2. The summed E-state index contributed by atoms with van der Waals surface area (Å²) in [5.41, 5.74) is -0.664. The number of methoxy groups -OCH3 is 1. The molecule has 0 spiro atoms. The first-order valence-electron chi connectivity index (χ1n) is 10.6. The Morgan fingerprint density at radius 1 is 1.15 bits per heavy atom. The molecule has 3 fully saturated rings. The standard InChI is InChI=1S/C20H36N4O3/c1-16-4-3-5-17(14-16)22-18(25)15-23-10-12-24(13-11-23)19(26)20(27-2)6-8-21-9-7-20/h16-17,21H,3-15H2,1-2H3,(H,22,25). The minimum absolute atomic E-state index is 0.117. The molecule has 154 valence electrons. The lowest BCUT2D eigenvalue weighted by Crippen LogP contribution is -2.59. The molecule has 3 aliphatic rings. The SMILES string of the molecule is COC1(C(=O)N2CCN(CC(=O)NC3CCCC(C)C3)CC2)CCNCC1. The molecule has 2 unspecified atom stereocenters. The van der Waals surface area contributed by atoms with Crippen LogP contribution in [0.3, 0.4) is 0 Å². The van der Waals surface area contributed by atoms with Crippen molar-refractivity contribution in [1.29, 1.82) is 0 Å². The fourth-order valence-corrected chi connectivity index (χ4v) is 4.77. The van der Waals surface area contributed by atoms with Gasteiger partial charge in [-0.15, -0.1) is 0 Å². The number of piperidine rings is 1. The fraction of sp³-hybridized carbons (Fsp3) is 0.900. The van der Waals surface area contributed by atoms with E-state index in [4.69, 9.17) is 4.74 Å². The van der Waals surface area contributed by atoms with Gasteiger partial charge in [-0.1, -0.05) is 19.8 Å². The Morgan fingerprint density at radius 3 is 2.48 bits per heavy atom. The summed E-state index contributed by atoms with van der Waals surface area (Å²) in [4.78, 5) is 29.5. The molecule has 2 amide bonds. The molecule has 2 N–H and O–H groups in total. The summed E-state index contributed by atoms with van der Waals surface area (Å²) < 4.78 is 5.67. The fourth-order valence-electron chi connectivity index (χ4n) is 4.77. The molecular weight excluding hydrogens is 344 g/mol. The first-order valence-corrected chi connectivity index (χ1v) is 10.6. The van der Waals surface area contributed by atoms with Crippen LogP contribution in [-0.4, -0.2) is 86.2 Å². The van der Waals surface area contributed by atoms with E-state index >= 15 is 0 Å². The smallest absolute Gasteiger partial charge is 0.254 e. The van der Waals surface area contributed by atoms with E-state index in [-0.39, 0.29) is 11.8 Å². The van der Waals surface area contributed by atoms with Gasteiger partial charge in [0, 0.05) is 39.3 Å². The van der Waals surface area contributed by atoms with Gasteiger partial charge in [0.1, 0.15) is 5.60 Å². The average molecular weight is 381 g/mol. The number of ether oxygens (including phenoxy) is 1. The highest BCUT2D eigenvalue weighted by Crippen LogP contribution is 2.26. The Kier molecular flexibility index (Phi) is 7.11. The molecule has 1 saturated carbocycles. The van der Waals surface area contributed by atoms with Crippen LogP contribution in [0.15, 0.2) is 0 Å². The van der Waals surface area contributed by atoms with E-state index < -0.39 is 5.60 Å². The van der Waals surface area contributed by atoms with Crippen LogP contribution in [0.5, 0.6) is 0 Å². The van der Waals surface area contributed by atoms with Crippen molar-refractivity contribution in [3.8, 4) is 0 Å². The summed E-state index contributed by atoms with van der Waals surface area (Å²) in [7, 11) is 1.65. The van der Waals surface area contributed by atoms with E-state index in [1.807, 2.05) is 4.90 Å². The lowest BCUT2D eigenvalue weighted by atomic mass is 9.87. The van der Waals surface area contributed by atoms with Crippen molar-refractivity contribution in [2.24, 2.45) is 5.92 Å². The molecule has 0 aromatic heterocycles. The molecule has 0 radical (unpaired) electrons. The highest BCUT2D eigenvalue weighted by molar-refractivity contribution is 5.85. The lowest BCUT2D eigenvalue weighted by molar-refractivity contribution is -0.160. The van der Waals surface area contributed by atoms with E-state index in [1.54, 1.807) is 7.11 Å². The Balaban J connectivity index is 1.43. The number of hydrogen-bond donors (Lipinski definition) is 2. The molecule has 0 aromatic carbocycles. The van der Waals surface area contributed by atoms with Gasteiger partial charge in [0.15, 0.2) is 0 Å². The third-order valence-electron chi connectivity index (χ3n) is 6.52. The van der Waals surface area contributed by atoms with E-state index in [1.165, 1.54) is 12.8 Å². The highest BCUT2D eigenvalue weighted by atomic mass is 16.5. The Labute approximate surface area is 163 Å². The van der Waals surface area contributed by atoms with Gasteiger partial charge in [0.2, 0.25) is 5.91 Å². The Bertz CT molecular complexity index is 513. The Hall–Kier alpha value is -1.18. The van der Waals surface area contributed by atoms with Crippen molar-refractivity contribution in [2.75, 3.05) is 52.9 Å². The number of amides is 2. The predicted molar refractivity (Wildman–Crippen MR) is 104 cm³/mol. The van der Waals surface area contributed by atoms with Crippen molar-refractivity contribution in [3.05, 3.63) is 0 Å². The molecule has 7 heteroatoms. The third kappa shape index (κ3) is 5.21. The van der Waals surface area contributed by atoms with Crippen LogP contribution in [0.4, 0.5) is 0 Å². The van der Waals surface area contributed by atoms with E-state index in [9.17, 15) is 9.59 Å². The average Bonchev–Trinajstić information content (AvgIpc) is 2.68. The molecule has 0 aromatic rings. The first kappa shape index (κ1) is 20.6. The second-order valence-electron chi connectivity index (χ2n) is 8.55. The third-order valence-corrected chi connectivity index (χ3v) is 6.52. The minimum atomic E-state index is -0.664. The quantitative estimate of drug-likeness (QED) is 0.730. The van der Waals surface area contributed by atoms with Gasteiger partial charge in [-0.25, -0.2) is 0 Å². The highest BCUT2D eigenvalue weighted by Gasteiger charge is 2.43. The summed E-state index contributed by atoms with van der Waals surface area (Å²) >= 11 is 0. The van der Waals surface area contributed by atoms with Crippen LogP contribution >= 0.6 is 0 Å². The van der Waals surface area contributed by atoms with Crippen LogP contribution in [-0.2, 0) is 14.3 Å². The van der Waals surface area contributed by atoms with Crippen molar-refractivity contribution in [2.45, 2.75) is 57.1 Å². The monoisotopic (exact) mass is 380 g/mol. The molecule has 3 rings (SSSR count). The predicted octanol–water partition coefficient (Wildman–Crippen LogP) is 0.594. The van der Waals surface area contributed by atoms with Crippen LogP contribution in [0.1, 0.15) is 45.4 Å². The largest absolute Gasteiger partial charge is 0.368 e. The zero-order valence-electron chi connectivity index (χ0n) is 17.0. The van der Waals surface area contributed by atoms with Crippen LogP contribution in [0, 0.1) is 5.92 Å². The second kappa shape index (κ2) is 9.34. The second-order valence-corrected chi connectivity index (χ2v) is 8.55. The summed E-state index contributed by atoms with van der Waals surface area (Å²) in [5.74, 6) is 0.953. The van der Waals surface area contributed by atoms with E-state index in [0.717, 1.165) is 51.9 Å². The van der Waals surface area contributed by atoms with Gasteiger partial charge in [-0.3, -0.25) is 14.5 Å². The molecule has 2 aliphatic heterocycles. The number of rotatable bonds is 5. The van der Waals surface area contributed by atoms with Crippen molar-refractivity contribution >= 4 is 11.8 Å². The lowest BCUT2D eigenvalue weighted by Gasteiger charge is -2.42. The zero-order chi connectivity index (χ0) is 19.3. The first-order chi connectivity index (χ1) is 13.0. The van der Waals surface area contributed by atoms with Gasteiger partial charge in [0.25, 0.3) is 5.91 Å². The van der Waals surface area contributed by atoms with Crippen molar-refractivity contribution in [3.63, 3.8) is 0 Å². The maximum atomic E-state index is 13.0. The van der Waals surface area contributed by atoms with Crippen molar-refractivity contribution < 1.29 is 14.3 Å². The molecular formula is C20H36N4O3. The molecule has 2 heterocycles. The summed E-state index contributed by atoms with van der Waals surface area (Å²) in [6.45, 7) is 7.18. The number of piperazine rings is 1. The van der Waals surface area contributed by atoms with Gasteiger partial charge in [0.05, 0.1) is 6.54 Å². The molecule has 1 aliphatic carbocycles. The summed E-state index contributed by atoms with van der Waals surface area (Å²) in [6, 6.07) is 0.339. The minimum Gasteiger partial charge on any atom is -0.368 e. The summed E-state index contributed by atoms with van der Waals surface area (Å²) in [5, 5.41) is 6.50. The van der Waals surface area contributed by atoms with Gasteiger partial charge >= 0.3 is 0 Å². The van der Waals surface area contributed by atoms with Crippen molar-refractivity contribution in [1.82, 2.24) is 20.4 Å². The maximum absolute atomic E-state index is 13.0. The van der Waals surface area contributed by atoms with Crippen LogP contribution in [0.2, 0.25) is 0 Å². The van der Waals surface area contributed by atoms with E-state index in [2.05, 4.69) is 22.5 Å². The molecule has 7 nitrogen and oxygen atoms in total. The molecule has 2 saturated heterocycles. The number of hydrogen-bond acceptors (Lipinski definition) is 5. The number of carbonyl (C=O) groups excluding carboxylic acids is 2. The number of nitrogens with zero attached hydrogens (tertiary/aromatic N) is 2. The van der Waals surface area contributed by atoms with Crippen LogP contribution < -0.4 is 10.6 Å².